The van der Waals surface area contributed by atoms with Gasteiger partial charge in [0.1, 0.15) is 12.2 Å². The fourth-order valence-corrected chi connectivity index (χ4v) is 3.64. The maximum atomic E-state index is 13.2. The molecule has 164 valence electrons. The maximum Gasteiger partial charge on any atom is 0.235 e. The summed E-state index contributed by atoms with van der Waals surface area (Å²) >= 11 is 0. The molecule has 0 saturated heterocycles. The molecule has 0 bridgehead atoms. The van der Waals surface area contributed by atoms with Crippen LogP contribution in [0.5, 0.6) is 0 Å². The highest BCUT2D eigenvalue weighted by atomic mass is 16.4. The van der Waals surface area contributed by atoms with E-state index in [1.54, 1.807) is 0 Å². The molecule has 0 radical (unpaired) electrons. The number of benzene rings is 1. The molecular weight excluding hydrogens is 398 g/mol. The van der Waals surface area contributed by atoms with Crippen molar-refractivity contribution in [3.8, 4) is 0 Å². The number of nitrogens with zero attached hydrogens (tertiary/aromatic N) is 1. The molecule has 0 spiro atoms. The van der Waals surface area contributed by atoms with Crippen LogP contribution >= 0.6 is 0 Å². The number of aliphatic hydroxyl groups is 4. The minimum atomic E-state index is -3.26. The molecule has 0 fully saturated rings. The predicted molar refractivity (Wildman–Crippen MR) is 102 cm³/mol. The molecule has 4 atom stereocenters. The van der Waals surface area contributed by atoms with E-state index in [1.165, 1.54) is 18.2 Å². The van der Waals surface area contributed by atoms with Crippen molar-refractivity contribution in [2.24, 2.45) is 0 Å². The summed E-state index contributed by atoms with van der Waals surface area (Å²) in [5.41, 5.74) is -6.81. The highest BCUT2D eigenvalue weighted by Crippen LogP contribution is 2.43. The van der Waals surface area contributed by atoms with Gasteiger partial charge in [-0.05, 0) is 12.5 Å². The van der Waals surface area contributed by atoms with Crippen molar-refractivity contribution in [3.63, 3.8) is 0 Å². The molecule has 0 saturated carbocycles. The molecule has 0 aliphatic rings. The second kappa shape index (κ2) is 9.35. The Morgan fingerprint density at radius 3 is 1.73 bits per heavy atom. The van der Waals surface area contributed by atoms with Crippen LogP contribution < -0.4 is 0 Å². The topological polar surface area (TPSA) is 170 Å². The third-order valence-electron chi connectivity index (χ3n) is 4.87. The SMILES string of the molecule is CC(=O)C(=O)[C@](C(C)=O)(N(C(C)=O)C(C)=O)[C@](O)(c1ccccc1)[C@H](O)[C@H](O)CO. The van der Waals surface area contributed by atoms with Crippen LogP contribution in [0.2, 0.25) is 0 Å². The number of aliphatic hydroxyl groups excluding tert-OH is 3. The summed E-state index contributed by atoms with van der Waals surface area (Å²) in [6.45, 7) is 2.06. The minimum absolute atomic E-state index is 0.0966. The van der Waals surface area contributed by atoms with E-state index in [9.17, 15) is 44.4 Å². The fourth-order valence-electron chi connectivity index (χ4n) is 3.64. The first-order valence-corrected chi connectivity index (χ1v) is 8.94. The van der Waals surface area contributed by atoms with Crippen LogP contribution in [0, 0.1) is 0 Å². The van der Waals surface area contributed by atoms with Crippen LogP contribution in [0.1, 0.15) is 33.3 Å². The van der Waals surface area contributed by atoms with E-state index in [0.717, 1.165) is 39.8 Å². The Hall–Kier alpha value is -2.79. The number of Topliss-reactive ketones (excluding diaryl/α,β-unsaturated/α-hetero) is 3. The van der Waals surface area contributed by atoms with E-state index in [2.05, 4.69) is 0 Å². The van der Waals surface area contributed by atoms with Crippen molar-refractivity contribution in [1.82, 2.24) is 4.90 Å². The molecule has 0 aliphatic heterocycles. The molecule has 1 aromatic rings. The summed E-state index contributed by atoms with van der Waals surface area (Å²) in [5.74, 6) is -6.61. The number of amides is 2. The molecule has 10 nitrogen and oxygen atoms in total. The van der Waals surface area contributed by atoms with Crippen molar-refractivity contribution in [2.45, 2.75) is 51.0 Å². The summed E-state index contributed by atoms with van der Waals surface area (Å²) < 4.78 is 0. The number of carbonyl (C=O) groups excluding carboxylic acids is 5. The van der Waals surface area contributed by atoms with Crippen molar-refractivity contribution in [2.75, 3.05) is 6.61 Å². The van der Waals surface area contributed by atoms with Crippen LogP contribution in [0.15, 0.2) is 30.3 Å². The number of hydrogen-bond donors (Lipinski definition) is 4. The molecule has 0 aliphatic carbocycles. The first kappa shape index (κ1) is 25.2. The second-order valence-electron chi connectivity index (χ2n) is 6.85. The fraction of sp³-hybridized carbons (Fsp3) is 0.450. The van der Waals surface area contributed by atoms with E-state index in [4.69, 9.17) is 0 Å². The number of hydrogen-bond acceptors (Lipinski definition) is 9. The average Bonchev–Trinajstić information content (AvgIpc) is 2.69. The van der Waals surface area contributed by atoms with Crippen LogP contribution in [0.4, 0.5) is 0 Å². The van der Waals surface area contributed by atoms with Gasteiger partial charge in [0.25, 0.3) is 0 Å². The second-order valence-corrected chi connectivity index (χ2v) is 6.85. The van der Waals surface area contributed by atoms with Gasteiger partial charge in [0, 0.05) is 20.8 Å². The zero-order valence-corrected chi connectivity index (χ0v) is 17.0. The quantitative estimate of drug-likeness (QED) is 0.272. The summed E-state index contributed by atoms with van der Waals surface area (Å²) in [5, 5.41) is 42.0. The summed E-state index contributed by atoms with van der Waals surface area (Å²) in [6, 6.07) is 6.53. The molecule has 0 heterocycles. The lowest BCUT2D eigenvalue weighted by Crippen LogP contribution is -2.77. The Labute approximate surface area is 172 Å². The van der Waals surface area contributed by atoms with E-state index < -0.39 is 59.1 Å². The van der Waals surface area contributed by atoms with Crippen molar-refractivity contribution < 1.29 is 44.4 Å². The van der Waals surface area contributed by atoms with E-state index >= 15 is 0 Å². The summed E-state index contributed by atoms with van der Waals surface area (Å²) in [4.78, 5) is 63.1. The predicted octanol–water partition coefficient (Wildman–Crippen LogP) is -1.53. The number of carbonyl (C=O) groups is 5. The van der Waals surface area contributed by atoms with Gasteiger partial charge in [-0.2, -0.15) is 0 Å². The van der Waals surface area contributed by atoms with Gasteiger partial charge >= 0.3 is 0 Å². The third kappa shape index (κ3) is 3.82. The van der Waals surface area contributed by atoms with Gasteiger partial charge in [0.2, 0.25) is 23.1 Å². The van der Waals surface area contributed by atoms with E-state index in [-0.39, 0.29) is 10.5 Å². The summed E-state index contributed by atoms with van der Waals surface area (Å²) in [7, 11) is 0. The minimum Gasteiger partial charge on any atom is -0.394 e. The molecule has 1 rings (SSSR count). The van der Waals surface area contributed by atoms with Crippen molar-refractivity contribution >= 4 is 29.2 Å². The number of rotatable bonds is 9. The number of imide groups is 1. The Kier molecular flexibility index (Phi) is 7.87. The van der Waals surface area contributed by atoms with Crippen molar-refractivity contribution in [1.29, 1.82) is 0 Å². The first-order valence-electron chi connectivity index (χ1n) is 8.94. The molecular formula is C20H25NO9. The Bertz CT molecular complexity index is 839. The average molecular weight is 423 g/mol. The Morgan fingerprint density at radius 1 is 0.933 bits per heavy atom. The Morgan fingerprint density at radius 2 is 1.40 bits per heavy atom. The van der Waals surface area contributed by atoms with E-state index in [0.29, 0.717) is 0 Å². The van der Waals surface area contributed by atoms with Gasteiger partial charge in [-0.15, -0.1) is 0 Å². The molecule has 10 heteroatoms. The molecule has 0 aromatic heterocycles. The van der Waals surface area contributed by atoms with Crippen LogP contribution in [0.3, 0.4) is 0 Å². The van der Waals surface area contributed by atoms with Gasteiger partial charge in [0.15, 0.2) is 17.2 Å². The normalized spacial score (nSPS) is 17.1. The van der Waals surface area contributed by atoms with Gasteiger partial charge in [-0.1, -0.05) is 30.3 Å². The standard InChI is InChI=1S/C20H25NO9/c1-11(23)17(28)19(12(2)24,21(13(3)25)14(4)26)20(30,18(29)16(27)10-22)15-8-6-5-7-9-15/h5-9,16,18,22,27,29-30H,10H2,1-4H3/t16-,18-,19+,20+/m1/s1. The largest absolute Gasteiger partial charge is 0.394 e. The summed E-state index contributed by atoms with van der Waals surface area (Å²) in [6.07, 6.45) is -4.59. The van der Waals surface area contributed by atoms with E-state index in [1.807, 2.05) is 0 Å². The van der Waals surface area contributed by atoms with Crippen LogP contribution in [-0.2, 0) is 29.6 Å². The molecule has 0 unspecified atom stereocenters. The smallest absolute Gasteiger partial charge is 0.235 e. The van der Waals surface area contributed by atoms with Gasteiger partial charge in [-0.25, -0.2) is 0 Å². The maximum absolute atomic E-state index is 13.2. The van der Waals surface area contributed by atoms with Crippen LogP contribution in [-0.4, -0.2) is 78.8 Å². The molecule has 30 heavy (non-hydrogen) atoms. The van der Waals surface area contributed by atoms with Gasteiger partial charge in [0.05, 0.1) is 6.61 Å². The lowest BCUT2D eigenvalue weighted by Gasteiger charge is -2.51. The molecule has 1 aromatic carbocycles. The highest BCUT2D eigenvalue weighted by molar-refractivity contribution is 6.46. The zero-order chi connectivity index (χ0) is 23.4. The molecule has 4 N–H and O–H groups in total. The first-order chi connectivity index (χ1) is 13.8. The zero-order valence-electron chi connectivity index (χ0n) is 17.0. The van der Waals surface area contributed by atoms with Crippen LogP contribution in [0.25, 0.3) is 0 Å². The lowest BCUT2D eigenvalue weighted by molar-refractivity contribution is -0.211. The monoisotopic (exact) mass is 423 g/mol. The van der Waals surface area contributed by atoms with Gasteiger partial charge in [-0.3, -0.25) is 28.9 Å². The third-order valence-corrected chi connectivity index (χ3v) is 4.87. The lowest BCUT2D eigenvalue weighted by atomic mass is 9.64. The molecule has 2 amide bonds. The van der Waals surface area contributed by atoms with Gasteiger partial charge < -0.3 is 20.4 Å². The Balaban J connectivity index is 4.30. The highest BCUT2D eigenvalue weighted by Gasteiger charge is 2.70. The van der Waals surface area contributed by atoms with Crippen molar-refractivity contribution in [3.05, 3.63) is 35.9 Å². The number of ketones is 3.